The van der Waals surface area contributed by atoms with Crippen LogP contribution in [0.15, 0.2) is 12.1 Å². The summed E-state index contributed by atoms with van der Waals surface area (Å²) in [4.78, 5) is 11.6. The summed E-state index contributed by atoms with van der Waals surface area (Å²) in [5.74, 6) is 1.33. The minimum absolute atomic E-state index is 0.424. The smallest absolute Gasteiger partial charge is 0.160 e. The molecule has 1 aliphatic rings. The van der Waals surface area contributed by atoms with Crippen molar-refractivity contribution in [2.45, 2.75) is 25.8 Å². The lowest BCUT2D eigenvalue weighted by Crippen LogP contribution is -2.37. The van der Waals surface area contributed by atoms with Gasteiger partial charge in [0.2, 0.25) is 0 Å². The van der Waals surface area contributed by atoms with Gasteiger partial charge in [0.1, 0.15) is 11.3 Å². The molecule has 0 unspecified atom stereocenters. The molecule has 2 aromatic heterocycles. The monoisotopic (exact) mass is 308 g/mol. The predicted octanol–water partition coefficient (Wildman–Crippen LogP) is 2.20. The van der Waals surface area contributed by atoms with Crippen molar-refractivity contribution in [3.05, 3.63) is 23.7 Å². The van der Waals surface area contributed by atoms with E-state index in [1.165, 1.54) is 0 Å². The Kier molecular flexibility index (Phi) is 4.73. The molecule has 6 heteroatoms. The third-order valence-corrected chi connectivity index (χ3v) is 4.13. The van der Waals surface area contributed by atoms with Crippen LogP contribution in [0.3, 0.4) is 0 Å². The Hall–Kier alpha value is -1.17. The van der Waals surface area contributed by atoms with Gasteiger partial charge in [-0.3, -0.25) is 4.90 Å². The van der Waals surface area contributed by atoms with Crippen molar-refractivity contribution < 1.29 is 4.74 Å². The molecule has 0 saturated carbocycles. The molecule has 1 fully saturated rings. The van der Waals surface area contributed by atoms with Gasteiger partial charge in [0, 0.05) is 31.9 Å². The fourth-order valence-electron chi connectivity index (χ4n) is 2.76. The van der Waals surface area contributed by atoms with Gasteiger partial charge in [-0.2, -0.15) is 0 Å². The highest BCUT2D eigenvalue weighted by atomic mass is 35.5. The Labute approximate surface area is 129 Å². The average Bonchev–Trinajstić information content (AvgIpc) is 2.86. The highest BCUT2D eigenvalue weighted by Crippen LogP contribution is 2.17. The fraction of sp³-hybridized carbons (Fsp3) is 0.600. The van der Waals surface area contributed by atoms with E-state index in [0.717, 1.165) is 68.5 Å². The van der Waals surface area contributed by atoms with Crippen LogP contribution in [-0.4, -0.2) is 52.3 Å². The minimum atomic E-state index is 0.424. The van der Waals surface area contributed by atoms with E-state index >= 15 is 0 Å². The van der Waals surface area contributed by atoms with Gasteiger partial charge in [0.25, 0.3) is 0 Å². The molecule has 0 aliphatic carbocycles. The first kappa shape index (κ1) is 14.8. The summed E-state index contributed by atoms with van der Waals surface area (Å²) in [6.45, 7) is 7.76. The number of alkyl halides is 1. The summed E-state index contributed by atoms with van der Waals surface area (Å²) in [6.07, 6.45) is 1.07. The molecule has 114 valence electrons. The van der Waals surface area contributed by atoms with Crippen LogP contribution in [0.25, 0.3) is 11.2 Å². The van der Waals surface area contributed by atoms with Crippen LogP contribution < -0.4 is 0 Å². The molecule has 0 radical (unpaired) electrons. The molecule has 5 nitrogen and oxygen atoms in total. The molecular weight excluding hydrogens is 288 g/mol. The summed E-state index contributed by atoms with van der Waals surface area (Å²) >= 11 is 6.03. The van der Waals surface area contributed by atoms with E-state index in [1.54, 1.807) is 0 Å². The first-order valence-electron chi connectivity index (χ1n) is 7.47. The van der Waals surface area contributed by atoms with E-state index in [4.69, 9.17) is 16.3 Å². The minimum Gasteiger partial charge on any atom is -0.379 e. The lowest BCUT2D eigenvalue weighted by atomic mass is 10.3. The maximum absolute atomic E-state index is 6.03. The number of nitrogens with zero attached hydrogens (tertiary/aromatic N) is 4. The van der Waals surface area contributed by atoms with E-state index in [9.17, 15) is 0 Å². The Morgan fingerprint density at radius 1 is 1.19 bits per heavy atom. The number of pyridine rings is 1. The van der Waals surface area contributed by atoms with E-state index < -0.39 is 0 Å². The molecule has 21 heavy (non-hydrogen) atoms. The number of halogens is 1. The molecular formula is C15H21ClN4O. The number of aryl methyl sites for hydroxylation is 2. The Bertz CT molecular complexity index is 607. The number of fused-ring (bicyclic) bond motifs is 1. The number of rotatable bonds is 5. The highest BCUT2D eigenvalue weighted by Gasteiger charge is 2.13. The predicted molar refractivity (Wildman–Crippen MR) is 83.7 cm³/mol. The van der Waals surface area contributed by atoms with Crippen molar-refractivity contribution in [1.82, 2.24) is 19.4 Å². The molecule has 3 heterocycles. The second-order valence-electron chi connectivity index (χ2n) is 5.42. The normalized spacial score (nSPS) is 16.7. The zero-order valence-corrected chi connectivity index (χ0v) is 13.1. The fourth-order valence-corrected chi connectivity index (χ4v) is 2.96. The van der Waals surface area contributed by atoms with Crippen molar-refractivity contribution in [2.75, 3.05) is 32.8 Å². The maximum Gasteiger partial charge on any atom is 0.160 e. The van der Waals surface area contributed by atoms with Crippen molar-refractivity contribution in [3.8, 4) is 0 Å². The summed E-state index contributed by atoms with van der Waals surface area (Å²) in [5.41, 5.74) is 2.90. The van der Waals surface area contributed by atoms with Gasteiger partial charge in [0.15, 0.2) is 5.65 Å². The lowest BCUT2D eigenvalue weighted by Gasteiger charge is -2.26. The third kappa shape index (κ3) is 3.36. The Morgan fingerprint density at radius 3 is 2.76 bits per heavy atom. The van der Waals surface area contributed by atoms with Gasteiger partial charge >= 0.3 is 0 Å². The highest BCUT2D eigenvalue weighted by molar-refractivity contribution is 6.16. The first-order chi connectivity index (χ1) is 10.3. The number of imidazole rings is 1. The van der Waals surface area contributed by atoms with E-state index in [0.29, 0.717) is 5.88 Å². The third-order valence-electron chi connectivity index (χ3n) is 3.89. The molecule has 1 aliphatic heterocycles. The number of aromatic nitrogens is 3. The number of hydrogen-bond donors (Lipinski definition) is 0. The van der Waals surface area contributed by atoms with E-state index in [2.05, 4.69) is 19.4 Å². The topological polar surface area (TPSA) is 43.2 Å². The van der Waals surface area contributed by atoms with Gasteiger partial charge in [-0.15, -0.1) is 11.6 Å². The van der Waals surface area contributed by atoms with Gasteiger partial charge in [0.05, 0.1) is 19.1 Å². The van der Waals surface area contributed by atoms with Crippen LogP contribution in [0.5, 0.6) is 0 Å². The summed E-state index contributed by atoms with van der Waals surface area (Å²) in [5, 5.41) is 0. The molecule has 0 aromatic carbocycles. The maximum atomic E-state index is 6.03. The second kappa shape index (κ2) is 6.73. The van der Waals surface area contributed by atoms with Crippen LogP contribution in [0.2, 0.25) is 0 Å². The summed E-state index contributed by atoms with van der Waals surface area (Å²) in [6, 6.07) is 4.01. The van der Waals surface area contributed by atoms with Gasteiger partial charge in [-0.25, -0.2) is 9.97 Å². The van der Waals surface area contributed by atoms with Crippen molar-refractivity contribution in [3.63, 3.8) is 0 Å². The average molecular weight is 309 g/mol. The number of hydrogen-bond acceptors (Lipinski definition) is 4. The first-order valence-corrected chi connectivity index (χ1v) is 8.00. The van der Waals surface area contributed by atoms with Gasteiger partial charge < -0.3 is 9.30 Å². The van der Waals surface area contributed by atoms with Gasteiger partial charge in [-0.1, -0.05) is 0 Å². The van der Waals surface area contributed by atoms with Crippen LogP contribution in [0, 0.1) is 6.92 Å². The van der Waals surface area contributed by atoms with Crippen LogP contribution in [-0.2, 0) is 17.2 Å². The standard InChI is InChI=1S/C15H21ClN4O/c1-12-3-4-13-15(17-12)20(14(11-16)18-13)6-2-5-19-7-9-21-10-8-19/h3-4H,2,5-11H2,1H3. The molecule has 0 bridgehead atoms. The Morgan fingerprint density at radius 2 is 2.00 bits per heavy atom. The summed E-state index contributed by atoms with van der Waals surface area (Å²) in [7, 11) is 0. The largest absolute Gasteiger partial charge is 0.379 e. The zero-order chi connectivity index (χ0) is 14.7. The van der Waals surface area contributed by atoms with E-state index in [-0.39, 0.29) is 0 Å². The van der Waals surface area contributed by atoms with E-state index in [1.807, 2.05) is 19.1 Å². The van der Waals surface area contributed by atoms with Crippen molar-refractivity contribution in [1.29, 1.82) is 0 Å². The molecule has 0 N–H and O–H groups in total. The molecule has 2 aromatic rings. The van der Waals surface area contributed by atoms with Crippen LogP contribution in [0.4, 0.5) is 0 Å². The summed E-state index contributed by atoms with van der Waals surface area (Å²) < 4.78 is 7.54. The molecule has 0 spiro atoms. The van der Waals surface area contributed by atoms with Crippen LogP contribution in [0.1, 0.15) is 17.9 Å². The molecule has 1 saturated heterocycles. The number of morpholine rings is 1. The molecule has 3 rings (SSSR count). The number of ether oxygens (including phenoxy) is 1. The lowest BCUT2D eigenvalue weighted by molar-refractivity contribution is 0.0369. The zero-order valence-electron chi connectivity index (χ0n) is 12.4. The van der Waals surface area contributed by atoms with Crippen molar-refractivity contribution >= 4 is 22.8 Å². The molecule has 0 atom stereocenters. The van der Waals surface area contributed by atoms with Crippen molar-refractivity contribution in [2.24, 2.45) is 0 Å². The quantitative estimate of drug-likeness (QED) is 0.794. The molecule has 0 amide bonds. The SMILES string of the molecule is Cc1ccc2nc(CCl)n(CCCN3CCOCC3)c2n1. The van der Waals surface area contributed by atoms with Crippen LogP contribution >= 0.6 is 11.6 Å². The second-order valence-corrected chi connectivity index (χ2v) is 5.68. The Balaban J connectivity index is 1.71. The van der Waals surface area contributed by atoms with Gasteiger partial charge in [-0.05, 0) is 25.5 Å².